The summed E-state index contributed by atoms with van der Waals surface area (Å²) < 4.78 is 1.49. The van der Waals surface area contributed by atoms with Gasteiger partial charge in [-0.15, -0.1) is 0 Å². The van der Waals surface area contributed by atoms with Gasteiger partial charge in [-0.1, -0.05) is 15.9 Å². The quantitative estimate of drug-likeness (QED) is 0.811. The SMILES string of the molecule is N#Cc1cnn(CCO)c1N1CC(Br)CC1=O. The first-order valence-corrected chi connectivity index (χ1v) is 6.10. The lowest BCUT2D eigenvalue weighted by Crippen LogP contribution is -2.28. The van der Waals surface area contributed by atoms with Gasteiger partial charge in [-0.05, 0) is 0 Å². The molecule has 1 unspecified atom stereocenters. The van der Waals surface area contributed by atoms with E-state index in [-0.39, 0.29) is 23.9 Å². The van der Waals surface area contributed by atoms with Gasteiger partial charge in [0.05, 0.1) is 19.3 Å². The van der Waals surface area contributed by atoms with Gasteiger partial charge >= 0.3 is 0 Å². The Kier molecular flexibility index (Phi) is 3.45. The highest BCUT2D eigenvalue weighted by molar-refractivity contribution is 9.09. The molecule has 0 bridgehead atoms. The maximum Gasteiger partial charge on any atom is 0.229 e. The van der Waals surface area contributed by atoms with Crippen LogP contribution in [-0.4, -0.2) is 38.8 Å². The van der Waals surface area contributed by atoms with Crippen LogP contribution >= 0.6 is 15.9 Å². The second-order valence-corrected chi connectivity index (χ2v) is 5.04. The Morgan fingerprint density at radius 2 is 2.47 bits per heavy atom. The van der Waals surface area contributed by atoms with Crippen LogP contribution in [0.25, 0.3) is 0 Å². The molecule has 1 aromatic heterocycles. The van der Waals surface area contributed by atoms with E-state index in [0.29, 0.717) is 24.3 Å². The van der Waals surface area contributed by atoms with Crippen LogP contribution in [0.4, 0.5) is 5.82 Å². The van der Waals surface area contributed by atoms with E-state index in [1.165, 1.54) is 10.9 Å². The van der Waals surface area contributed by atoms with Gasteiger partial charge < -0.3 is 5.11 Å². The number of nitriles is 1. The fraction of sp³-hybridized carbons (Fsp3) is 0.500. The monoisotopic (exact) mass is 298 g/mol. The Hall–Kier alpha value is -1.39. The molecule has 1 N–H and O–H groups in total. The number of hydrogen-bond donors (Lipinski definition) is 1. The summed E-state index contributed by atoms with van der Waals surface area (Å²) in [6, 6.07) is 2.01. The van der Waals surface area contributed by atoms with E-state index in [1.807, 2.05) is 6.07 Å². The first-order chi connectivity index (χ1) is 8.17. The number of hydrogen-bond acceptors (Lipinski definition) is 4. The number of carbonyl (C=O) groups is 1. The molecule has 0 radical (unpaired) electrons. The van der Waals surface area contributed by atoms with Crippen molar-refractivity contribution in [1.82, 2.24) is 9.78 Å². The number of aromatic nitrogens is 2. The molecule has 6 nitrogen and oxygen atoms in total. The van der Waals surface area contributed by atoms with Crippen molar-refractivity contribution in [3.63, 3.8) is 0 Å². The molecule has 2 heterocycles. The maximum absolute atomic E-state index is 11.8. The van der Waals surface area contributed by atoms with Gasteiger partial charge in [0.2, 0.25) is 5.91 Å². The van der Waals surface area contributed by atoms with Gasteiger partial charge in [-0.2, -0.15) is 10.4 Å². The second kappa shape index (κ2) is 4.85. The molecule has 17 heavy (non-hydrogen) atoms. The fourth-order valence-corrected chi connectivity index (χ4v) is 2.44. The summed E-state index contributed by atoms with van der Waals surface area (Å²) in [7, 11) is 0. The summed E-state index contributed by atoms with van der Waals surface area (Å²) in [6.07, 6.45) is 1.83. The highest BCUT2D eigenvalue weighted by Gasteiger charge is 2.32. The predicted molar refractivity (Wildman–Crippen MR) is 63.7 cm³/mol. The van der Waals surface area contributed by atoms with Gasteiger partial charge in [-0.25, -0.2) is 4.68 Å². The van der Waals surface area contributed by atoms with Crippen molar-refractivity contribution in [1.29, 1.82) is 5.26 Å². The van der Waals surface area contributed by atoms with Gasteiger partial charge in [0.1, 0.15) is 11.6 Å². The average Bonchev–Trinajstić information content (AvgIpc) is 2.82. The molecule has 0 spiro atoms. The zero-order valence-electron chi connectivity index (χ0n) is 9.01. The molecular formula is C10H11BrN4O2. The van der Waals surface area contributed by atoms with Gasteiger partial charge in [0.15, 0.2) is 5.82 Å². The van der Waals surface area contributed by atoms with Crippen molar-refractivity contribution < 1.29 is 9.90 Å². The lowest BCUT2D eigenvalue weighted by atomic mass is 10.3. The summed E-state index contributed by atoms with van der Waals surface area (Å²) in [4.78, 5) is 13.4. The van der Waals surface area contributed by atoms with E-state index in [4.69, 9.17) is 10.4 Å². The van der Waals surface area contributed by atoms with Gasteiger partial charge in [0, 0.05) is 17.8 Å². The minimum Gasteiger partial charge on any atom is -0.394 e. The number of carbonyl (C=O) groups excluding carboxylic acids is 1. The number of nitrogens with zero attached hydrogens (tertiary/aromatic N) is 4. The molecule has 0 aromatic carbocycles. The third-order valence-corrected chi connectivity index (χ3v) is 3.19. The van der Waals surface area contributed by atoms with Gasteiger partial charge in [0.25, 0.3) is 0 Å². The van der Waals surface area contributed by atoms with Crippen molar-refractivity contribution in [2.24, 2.45) is 0 Å². The normalized spacial score (nSPS) is 19.7. The summed E-state index contributed by atoms with van der Waals surface area (Å²) in [5.74, 6) is 0.441. The predicted octanol–water partition coefficient (Wildman–Crippen LogP) is 0.247. The third-order valence-electron chi connectivity index (χ3n) is 2.58. The number of rotatable bonds is 3. The Bertz CT molecular complexity index is 479. The molecule has 1 fully saturated rings. The van der Waals surface area contributed by atoms with Crippen molar-refractivity contribution in [2.45, 2.75) is 17.8 Å². The maximum atomic E-state index is 11.8. The van der Waals surface area contributed by atoms with E-state index in [0.717, 1.165) is 0 Å². The van der Waals surface area contributed by atoms with E-state index >= 15 is 0 Å². The number of aliphatic hydroxyl groups is 1. The largest absolute Gasteiger partial charge is 0.394 e. The Morgan fingerprint density at radius 3 is 3.00 bits per heavy atom. The first-order valence-electron chi connectivity index (χ1n) is 5.18. The van der Waals surface area contributed by atoms with Crippen molar-refractivity contribution in [2.75, 3.05) is 18.1 Å². The molecule has 1 amide bonds. The molecule has 1 aromatic rings. The summed E-state index contributed by atoms with van der Waals surface area (Å²) in [5.41, 5.74) is 0.355. The summed E-state index contributed by atoms with van der Waals surface area (Å²) >= 11 is 3.39. The topological polar surface area (TPSA) is 82.2 Å². The lowest BCUT2D eigenvalue weighted by molar-refractivity contribution is -0.117. The standard InChI is InChI=1S/C10H11BrN4O2/c11-8-3-9(17)14(6-8)10-7(4-12)5-13-15(10)1-2-16/h5,8,16H,1-3,6H2. The fourth-order valence-electron chi connectivity index (χ4n) is 1.87. The number of aliphatic hydroxyl groups excluding tert-OH is 1. The minimum atomic E-state index is -0.0840. The van der Waals surface area contributed by atoms with E-state index < -0.39 is 0 Å². The highest BCUT2D eigenvalue weighted by Crippen LogP contribution is 2.27. The Balaban J connectivity index is 2.39. The molecular weight excluding hydrogens is 288 g/mol. The smallest absolute Gasteiger partial charge is 0.229 e. The zero-order valence-corrected chi connectivity index (χ0v) is 10.6. The third kappa shape index (κ3) is 2.18. The van der Waals surface area contributed by atoms with Crippen LogP contribution in [0.3, 0.4) is 0 Å². The number of anilines is 1. The highest BCUT2D eigenvalue weighted by atomic mass is 79.9. The molecule has 90 valence electrons. The van der Waals surface area contributed by atoms with Crippen molar-refractivity contribution in [3.05, 3.63) is 11.8 Å². The van der Waals surface area contributed by atoms with Gasteiger partial charge in [-0.3, -0.25) is 9.69 Å². The number of halogens is 1. The van der Waals surface area contributed by atoms with E-state index in [9.17, 15) is 4.79 Å². The van der Waals surface area contributed by atoms with E-state index in [1.54, 1.807) is 4.90 Å². The van der Waals surface area contributed by atoms with E-state index in [2.05, 4.69) is 21.0 Å². The molecule has 1 aliphatic heterocycles. The minimum absolute atomic E-state index is 0.0388. The van der Waals surface area contributed by atoms with Crippen molar-refractivity contribution >= 4 is 27.7 Å². The Morgan fingerprint density at radius 1 is 1.71 bits per heavy atom. The van der Waals surface area contributed by atoms with Crippen LogP contribution in [0.15, 0.2) is 6.20 Å². The molecule has 1 saturated heterocycles. The molecule has 7 heteroatoms. The molecule has 1 aliphatic rings. The molecule has 2 rings (SSSR count). The number of amides is 1. The van der Waals surface area contributed by atoms with Crippen molar-refractivity contribution in [3.8, 4) is 6.07 Å². The lowest BCUT2D eigenvalue weighted by Gasteiger charge is -2.17. The number of alkyl halides is 1. The summed E-state index contributed by atoms with van der Waals surface area (Å²) in [6.45, 7) is 0.706. The van der Waals surface area contributed by atoms with Crippen LogP contribution in [0.1, 0.15) is 12.0 Å². The van der Waals surface area contributed by atoms with Crippen LogP contribution in [0, 0.1) is 11.3 Å². The Labute approximate surface area is 107 Å². The average molecular weight is 299 g/mol. The first kappa shape index (κ1) is 12.1. The molecule has 0 aliphatic carbocycles. The van der Waals surface area contributed by atoms with Crippen LogP contribution in [0.2, 0.25) is 0 Å². The van der Waals surface area contributed by atoms with Crippen LogP contribution in [0.5, 0.6) is 0 Å². The summed E-state index contributed by atoms with van der Waals surface area (Å²) in [5, 5.41) is 21.9. The van der Waals surface area contributed by atoms with Crippen LogP contribution in [-0.2, 0) is 11.3 Å². The molecule has 1 atom stereocenters. The second-order valence-electron chi connectivity index (χ2n) is 3.75. The zero-order chi connectivity index (χ0) is 12.4. The molecule has 0 saturated carbocycles. The van der Waals surface area contributed by atoms with Crippen LogP contribution < -0.4 is 4.90 Å².